The number of piperidine rings is 1. The molecule has 0 aromatic carbocycles. The van der Waals surface area contributed by atoms with Crippen LogP contribution in [0.15, 0.2) is 9.42 Å². The number of nitrogens with one attached hydrogen (secondary N) is 1. The molecule has 2 saturated heterocycles. The first kappa shape index (κ1) is 20.9. The Morgan fingerprint density at radius 1 is 1.14 bits per heavy atom. The molecule has 3 rings (SSSR count). The number of carbonyl (C=O) groups excluding carboxylic acids is 2. The van der Waals surface area contributed by atoms with E-state index in [1.165, 1.54) is 9.21 Å². The lowest BCUT2D eigenvalue weighted by molar-refractivity contribution is -0.911. The van der Waals surface area contributed by atoms with Crippen LogP contribution >= 0.6 is 0 Å². The standard InChI is InChI=1S/C18H28N4O5S/c1-5-18(4)10-15(23)22(16(24)11-18)12-20-6-8-21(9-7-20)28(25,26)17-13(2)19-27-14(17)3/h5-12H2,1-4H3/p+1. The van der Waals surface area contributed by atoms with E-state index in [1.54, 1.807) is 13.8 Å². The number of rotatable bonds is 5. The highest BCUT2D eigenvalue weighted by Gasteiger charge is 2.42. The van der Waals surface area contributed by atoms with E-state index >= 15 is 0 Å². The molecule has 0 bridgehead atoms. The van der Waals surface area contributed by atoms with Crippen LogP contribution in [0.1, 0.15) is 44.6 Å². The second-order valence-corrected chi connectivity index (χ2v) is 10.1. The van der Waals surface area contributed by atoms with Crippen molar-refractivity contribution in [2.24, 2.45) is 5.41 Å². The number of nitrogens with zero attached hydrogens (tertiary/aromatic N) is 3. The maximum absolute atomic E-state index is 12.9. The van der Waals surface area contributed by atoms with Gasteiger partial charge >= 0.3 is 0 Å². The van der Waals surface area contributed by atoms with Crippen molar-refractivity contribution in [3.8, 4) is 0 Å². The van der Waals surface area contributed by atoms with Gasteiger partial charge in [-0.1, -0.05) is 19.0 Å². The van der Waals surface area contributed by atoms with Gasteiger partial charge in [-0.15, -0.1) is 0 Å². The topological polar surface area (TPSA) is 105 Å². The maximum Gasteiger partial charge on any atom is 0.248 e. The van der Waals surface area contributed by atoms with Crippen LogP contribution in [-0.2, 0) is 19.6 Å². The van der Waals surface area contributed by atoms with Gasteiger partial charge in [-0.2, -0.15) is 4.31 Å². The van der Waals surface area contributed by atoms with Crippen molar-refractivity contribution in [2.45, 2.75) is 51.9 Å². The Hall–Kier alpha value is -1.78. The Balaban J connectivity index is 1.62. The summed E-state index contributed by atoms with van der Waals surface area (Å²) in [6.07, 6.45) is 1.56. The molecule has 1 aromatic heterocycles. The Morgan fingerprint density at radius 3 is 2.18 bits per heavy atom. The fraction of sp³-hybridized carbons (Fsp3) is 0.722. The molecule has 0 unspecified atom stereocenters. The molecule has 2 aliphatic rings. The first-order valence-electron chi connectivity index (χ1n) is 9.67. The van der Waals surface area contributed by atoms with Crippen molar-refractivity contribution in [1.29, 1.82) is 0 Å². The molecule has 2 amide bonds. The zero-order chi connectivity index (χ0) is 20.7. The number of piperazine rings is 1. The highest BCUT2D eigenvalue weighted by molar-refractivity contribution is 7.89. The number of quaternary nitrogens is 1. The van der Waals surface area contributed by atoms with Gasteiger partial charge in [0.2, 0.25) is 21.8 Å². The number of aryl methyl sites for hydroxylation is 2. The van der Waals surface area contributed by atoms with E-state index < -0.39 is 10.0 Å². The number of sulfonamides is 1. The molecule has 156 valence electrons. The van der Waals surface area contributed by atoms with Crippen LogP contribution in [0.5, 0.6) is 0 Å². The lowest BCUT2D eigenvalue weighted by Gasteiger charge is -2.39. The summed E-state index contributed by atoms with van der Waals surface area (Å²) in [5.41, 5.74) is 0.108. The van der Waals surface area contributed by atoms with Crippen LogP contribution in [0.25, 0.3) is 0 Å². The zero-order valence-corrected chi connectivity index (χ0v) is 17.8. The molecular formula is C18H29N4O5S+. The van der Waals surface area contributed by atoms with Gasteiger partial charge in [0.25, 0.3) is 0 Å². The van der Waals surface area contributed by atoms with Crippen LogP contribution in [0.3, 0.4) is 0 Å². The minimum atomic E-state index is -3.66. The third kappa shape index (κ3) is 3.85. The average Bonchev–Trinajstić information content (AvgIpc) is 2.98. The molecule has 1 aromatic rings. The van der Waals surface area contributed by atoms with Crippen LogP contribution in [0.4, 0.5) is 0 Å². The van der Waals surface area contributed by atoms with E-state index in [-0.39, 0.29) is 27.9 Å². The summed E-state index contributed by atoms with van der Waals surface area (Å²) >= 11 is 0. The van der Waals surface area contributed by atoms with Crippen LogP contribution in [0, 0.1) is 19.3 Å². The van der Waals surface area contributed by atoms with Gasteiger partial charge in [-0.3, -0.25) is 9.59 Å². The average molecular weight is 414 g/mol. The minimum Gasteiger partial charge on any atom is -0.360 e. The molecule has 3 heterocycles. The monoisotopic (exact) mass is 413 g/mol. The SMILES string of the molecule is CCC1(C)CC(=O)N(C[NH+]2CCN(S(=O)(=O)c3c(C)noc3C)CC2)C(=O)C1. The Bertz CT molecular complexity index is 833. The fourth-order valence-corrected chi connectivity index (χ4v) is 5.68. The number of imide groups is 1. The number of likely N-dealkylation sites (tertiary alicyclic amines) is 1. The fourth-order valence-electron chi connectivity index (χ4n) is 3.95. The molecule has 2 aliphatic heterocycles. The lowest BCUT2D eigenvalue weighted by Crippen LogP contribution is -3.16. The molecule has 0 atom stereocenters. The van der Waals surface area contributed by atoms with Gasteiger partial charge in [0.1, 0.15) is 10.6 Å². The van der Waals surface area contributed by atoms with Gasteiger partial charge in [-0.05, 0) is 25.7 Å². The number of hydrogen-bond acceptors (Lipinski definition) is 6. The van der Waals surface area contributed by atoms with Crippen molar-refractivity contribution in [1.82, 2.24) is 14.4 Å². The summed E-state index contributed by atoms with van der Waals surface area (Å²) in [6, 6.07) is 0. The molecule has 1 N–H and O–H groups in total. The maximum atomic E-state index is 12.9. The third-order valence-corrected chi connectivity index (χ3v) is 8.13. The number of carbonyl (C=O) groups is 2. The molecule has 28 heavy (non-hydrogen) atoms. The van der Waals surface area contributed by atoms with Gasteiger partial charge in [0.05, 0.1) is 26.2 Å². The molecule has 9 nitrogen and oxygen atoms in total. The normalized spacial score (nSPS) is 22.1. The number of aromatic nitrogens is 1. The summed E-state index contributed by atoms with van der Waals surface area (Å²) in [5, 5.41) is 3.74. The predicted molar refractivity (Wildman–Crippen MR) is 99.8 cm³/mol. The highest BCUT2D eigenvalue weighted by Crippen LogP contribution is 2.35. The summed E-state index contributed by atoms with van der Waals surface area (Å²) in [4.78, 5) is 27.5. The van der Waals surface area contributed by atoms with Crippen LogP contribution < -0.4 is 4.90 Å². The number of amides is 2. The van der Waals surface area contributed by atoms with Gasteiger partial charge < -0.3 is 9.42 Å². The van der Waals surface area contributed by atoms with Crippen molar-refractivity contribution in [2.75, 3.05) is 32.8 Å². The summed E-state index contributed by atoms with van der Waals surface area (Å²) in [7, 11) is -3.66. The van der Waals surface area contributed by atoms with Gasteiger partial charge in [0.15, 0.2) is 12.4 Å². The highest BCUT2D eigenvalue weighted by atomic mass is 32.2. The van der Waals surface area contributed by atoms with E-state index in [9.17, 15) is 18.0 Å². The predicted octanol–water partition coefficient (Wildman–Crippen LogP) is -0.297. The zero-order valence-electron chi connectivity index (χ0n) is 16.9. The molecule has 0 spiro atoms. The number of hydrogen-bond donors (Lipinski definition) is 1. The first-order valence-corrected chi connectivity index (χ1v) is 11.1. The van der Waals surface area contributed by atoms with Crippen LogP contribution in [0.2, 0.25) is 0 Å². The smallest absolute Gasteiger partial charge is 0.248 e. The third-order valence-electron chi connectivity index (χ3n) is 5.99. The Labute approximate surface area is 165 Å². The quantitative estimate of drug-likeness (QED) is 0.665. The van der Waals surface area contributed by atoms with Crippen LogP contribution in [-0.4, -0.2) is 67.4 Å². The largest absolute Gasteiger partial charge is 0.360 e. The van der Waals surface area contributed by atoms with E-state index in [0.717, 1.165) is 11.3 Å². The van der Waals surface area contributed by atoms with Crippen molar-refractivity contribution < 1.29 is 27.4 Å². The first-order chi connectivity index (χ1) is 13.1. The van der Waals surface area contributed by atoms with Crippen molar-refractivity contribution in [3.63, 3.8) is 0 Å². The van der Waals surface area contributed by atoms with E-state index in [2.05, 4.69) is 5.16 Å². The van der Waals surface area contributed by atoms with Crippen molar-refractivity contribution in [3.05, 3.63) is 11.5 Å². The molecule has 0 saturated carbocycles. The summed E-state index contributed by atoms with van der Waals surface area (Å²) in [5.74, 6) is 0.0357. The van der Waals surface area contributed by atoms with E-state index in [4.69, 9.17) is 4.52 Å². The van der Waals surface area contributed by atoms with Gasteiger partial charge in [0, 0.05) is 12.8 Å². The molecule has 2 fully saturated rings. The summed E-state index contributed by atoms with van der Waals surface area (Å²) in [6.45, 7) is 9.20. The van der Waals surface area contributed by atoms with E-state index in [0.29, 0.717) is 51.4 Å². The van der Waals surface area contributed by atoms with Crippen molar-refractivity contribution >= 4 is 21.8 Å². The Morgan fingerprint density at radius 2 is 1.71 bits per heavy atom. The molecule has 10 heteroatoms. The lowest BCUT2D eigenvalue weighted by atomic mass is 9.77. The van der Waals surface area contributed by atoms with E-state index in [1.807, 2.05) is 13.8 Å². The minimum absolute atomic E-state index is 0.126. The van der Waals surface area contributed by atoms with Gasteiger partial charge in [-0.25, -0.2) is 13.3 Å². The molecular weight excluding hydrogens is 384 g/mol. The second-order valence-electron chi connectivity index (χ2n) is 8.20. The second kappa shape index (κ2) is 7.57. The molecule has 0 radical (unpaired) electrons. The molecule has 0 aliphatic carbocycles. The Kier molecular flexibility index (Phi) is 5.66. The summed E-state index contributed by atoms with van der Waals surface area (Å²) < 4.78 is 32.2.